The van der Waals surface area contributed by atoms with E-state index in [0.717, 1.165) is 18.4 Å². The Morgan fingerprint density at radius 1 is 1.20 bits per heavy atom. The maximum absolute atomic E-state index is 12.5. The molecule has 1 saturated heterocycles. The molecule has 0 unspecified atom stereocenters. The van der Waals surface area contributed by atoms with E-state index < -0.39 is 0 Å². The van der Waals surface area contributed by atoms with Crippen molar-refractivity contribution in [3.63, 3.8) is 0 Å². The summed E-state index contributed by atoms with van der Waals surface area (Å²) < 4.78 is 6.12. The van der Waals surface area contributed by atoms with Crippen molar-refractivity contribution in [1.29, 1.82) is 0 Å². The number of rotatable bonds is 2. The van der Waals surface area contributed by atoms with Gasteiger partial charge in [-0.3, -0.25) is 9.78 Å². The summed E-state index contributed by atoms with van der Waals surface area (Å²) in [7, 11) is 0. The van der Waals surface area contributed by atoms with Gasteiger partial charge in [-0.2, -0.15) is 0 Å². The van der Waals surface area contributed by atoms with E-state index >= 15 is 0 Å². The van der Waals surface area contributed by atoms with Crippen molar-refractivity contribution >= 4 is 12.0 Å². The highest BCUT2D eigenvalue weighted by Gasteiger charge is 2.43. The monoisotopic (exact) mass is 334 g/mol. The van der Waals surface area contributed by atoms with Crippen molar-refractivity contribution in [2.24, 2.45) is 0 Å². The Balaban J connectivity index is 1.40. The molecule has 1 aromatic carbocycles. The molecule has 0 atom stereocenters. The van der Waals surface area contributed by atoms with Gasteiger partial charge >= 0.3 is 0 Å². The summed E-state index contributed by atoms with van der Waals surface area (Å²) in [6.07, 6.45) is 8.96. The quantitative estimate of drug-likeness (QED) is 0.790. The number of aryl methyl sites for hydroxylation is 1. The minimum atomic E-state index is -0.249. The Hall–Kier alpha value is -2.46. The summed E-state index contributed by atoms with van der Waals surface area (Å²) in [6, 6.07) is 10.2. The third-order valence-corrected chi connectivity index (χ3v) is 5.28. The second-order valence-electron chi connectivity index (χ2n) is 6.89. The van der Waals surface area contributed by atoms with E-state index in [1.807, 2.05) is 41.6 Å². The zero-order chi connectivity index (χ0) is 17.3. The number of amides is 1. The standard InChI is InChI=1S/C21H22N2O2/c1-16-2-4-17(5-3-16)6-7-20(24)23-12-9-21(10-13-23)19-14-22-11-8-18(19)15-25-21/h2-8,11,14H,9-10,12-13,15H2,1H3/b7-6+. The van der Waals surface area contributed by atoms with E-state index in [-0.39, 0.29) is 11.5 Å². The molecule has 0 bridgehead atoms. The lowest BCUT2D eigenvalue weighted by Gasteiger charge is -2.38. The number of benzene rings is 1. The summed E-state index contributed by atoms with van der Waals surface area (Å²) >= 11 is 0. The van der Waals surface area contributed by atoms with Crippen LogP contribution in [0, 0.1) is 6.92 Å². The lowest BCUT2D eigenvalue weighted by atomic mass is 9.85. The number of ether oxygens (including phenoxy) is 1. The van der Waals surface area contributed by atoms with Crippen molar-refractivity contribution in [3.8, 4) is 0 Å². The van der Waals surface area contributed by atoms with Crippen molar-refractivity contribution in [3.05, 3.63) is 71.1 Å². The summed E-state index contributed by atoms with van der Waals surface area (Å²) in [4.78, 5) is 18.6. The van der Waals surface area contributed by atoms with Crippen LogP contribution >= 0.6 is 0 Å². The molecule has 1 aromatic heterocycles. The Kier molecular flexibility index (Phi) is 4.14. The molecule has 4 nitrogen and oxygen atoms in total. The lowest BCUT2D eigenvalue weighted by molar-refractivity contribution is -0.133. The molecule has 2 aromatic rings. The fourth-order valence-corrected chi connectivity index (χ4v) is 3.71. The summed E-state index contributed by atoms with van der Waals surface area (Å²) in [6.45, 7) is 4.14. The van der Waals surface area contributed by atoms with E-state index in [1.54, 1.807) is 6.08 Å². The molecule has 0 radical (unpaired) electrons. The van der Waals surface area contributed by atoms with Crippen LogP contribution in [-0.2, 0) is 21.7 Å². The molecule has 0 aliphatic carbocycles. The molecule has 4 heteroatoms. The summed E-state index contributed by atoms with van der Waals surface area (Å²) in [5, 5.41) is 0. The van der Waals surface area contributed by atoms with Gasteiger partial charge in [-0.15, -0.1) is 0 Å². The van der Waals surface area contributed by atoms with Crippen LogP contribution in [0.2, 0.25) is 0 Å². The van der Waals surface area contributed by atoms with Crippen LogP contribution in [0.4, 0.5) is 0 Å². The van der Waals surface area contributed by atoms with Crippen molar-refractivity contribution in [2.75, 3.05) is 13.1 Å². The van der Waals surface area contributed by atoms with Crippen molar-refractivity contribution in [1.82, 2.24) is 9.88 Å². The van der Waals surface area contributed by atoms with Gasteiger partial charge in [0.25, 0.3) is 0 Å². The van der Waals surface area contributed by atoms with Gasteiger partial charge in [0, 0.05) is 37.1 Å². The zero-order valence-electron chi connectivity index (χ0n) is 14.4. The number of piperidine rings is 1. The average molecular weight is 334 g/mol. The van der Waals surface area contributed by atoms with E-state index in [0.29, 0.717) is 19.7 Å². The Morgan fingerprint density at radius 3 is 2.72 bits per heavy atom. The van der Waals surface area contributed by atoms with Gasteiger partial charge in [0.15, 0.2) is 0 Å². The molecule has 4 rings (SSSR count). The summed E-state index contributed by atoms with van der Waals surface area (Å²) in [5.74, 6) is 0.0693. The van der Waals surface area contributed by atoms with Crippen molar-refractivity contribution < 1.29 is 9.53 Å². The van der Waals surface area contributed by atoms with Crippen LogP contribution in [0.3, 0.4) is 0 Å². The van der Waals surface area contributed by atoms with Gasteiger partial charge in [0.1, 0.15) is 0 Å². The molecule has 1 spiro atoms. The SMILES string of the molecule is Cc1ccc(/C=C/C(=O)N2CCC3(CC2)OCc2ccncc23)cc1. The largest absolute Gasteiger partial charge is 0.365 e. The normalized spacial score (nSPS) is 18.7. The third-order valence-electron chi connectivity index (χ3n) is 5.28. The first-order valence-electron chi connectivity index (χ1n) is 8.77. The van der Waals surface area contributed by atoms with Gasteiger partial charge in [0.2, 0.25) is 5.91 Å². The smallest absolute Gasteiger partial charge is 0.246 e. The number of aromatic nitrogens is 1. The number of pyridine rings is 1. The number of hydrogen-bond acceptors (Lipinski definition) is 3. The van der Waals surface area contributed by atoms with Crippen molar-refractivity contribution in [2.45, 2.75) is 32.0 Å². The highest BCUT2D eigenvalue weighted by molar-refractivity contribution is 5.91. The first kappa shape index (κ1) is 16.0. The predicted molar refractivity (Wildman–Crippen MR) is 96.7 cm³/mol. The molecular formula is C21H22N2O2. The van der Waals surface area contributed by atoms with Crippen LogP contribution in [0.25, 0.3) is 6.08 Å². The minimum Gasteiger partial charge on any atom is -0.365 e. The Morgan fingerprint density at radius 2 is 1.96 bits per heavy atom. The molecule has 2 aliphatic rings. The predicted octanol–water partition coefficient (Wildman–Crippen LogP) is 3.45. The Bertz CT molecular complexity index is 803. The zero-order valence-corrected chi connectivity index (χ0v) is 14.4. The van der Waals surface area contributed by atoms with Gasteiger partial charge in [0.05, 0.1) is 12.2 Å². The third kappa shape index (κ3) is 3.10. The number of likely N-dealkylation sites (tertiary alicyclic amines) is 1. The highest BCUT2D eigenvalue weighted by atomic mass is 16.5. The Labute approximate surface area is 148 Å². The van der Waals surface area contributed by atoms with Crippen LogP contribution in [0.5, 0.6) is 0 Å². The molecule has 1 amide bonds. The second kappa shape index (κ2) is 6.45. The molecule has 25 heavy (non-hydrogen) atoms. The average Bonchev–Trinajstić information content (AvgIpc) is 3.00. The molecule has 128 valence electrons. The molecule has 1 fully saturated rings. The topological polar surface area (TPSA) is 42.4 Å². The fourth-order valence-electron chi connectivity index (χ4n) is 3.71. The first-order chi connectivity index (χ1) is 12.2. The molecule has 0 saturated carbocycles. The molecular weight excluding hydrogens is 312 g/mol. The highest BCUT2D eigenvalue weighted by Crippen LogP contribution is 2.43. The maximum atomic E-state index is 12.5. The second-order valence-corrected chi connectivity index (χ2v) is 6.89. The number of nitrogens with zero attached hydrogens (tertiary/aromatic N) is 2. The minimum absolute atomic E-state index is 0.0693. The first-order valence-corrected chi connectivity index (χ1v) is 8.77. The fraction of sp³-hybridized carbons (Fsp3) is 0.333. The van der Waals surface area contributed by atoms with Gasteiger partial charge < -0.3 is 9.64 Å². The lowest BCUT2D eigenvalue weighted by Crippen LogP contribution is -2.44. The molecule has 3 heterocycles. The summed E-state index contributed by atoms with van der Waals surface area (Å²) in [5.41, 5.74) is 4.45. The maximum Gasteiger partial charge on any atom is 0.246 e. The van der Waals surface area contributed by atoms with Gasteiger partial charge in [-0.1, -0.05) is 29.8 Å². The van der Waals surface area contributed by atoms with Gasteiger partial charge in [-0.25, -0.2) is 0 Å². The van der Waals surface area contributed by atoms with Gasteiger partial charge in [-0.05, 0) is 43.0 Å². The van der Waals surface area contributed by atoms with E-state index in [2.05, 4.69) is 24.0 Å². The van der Waals surface area contributed by atoms with Crippen LogP contribution in [0.15, 0.2) is 48.8 Å². The molecule has 0 N–H and O–H groups in total. The van der Waals surface area contributed by atoms with Crippen LogP contribution < -0.4 is 0 Å². The van der Waals surface area contributed by atoms with E-state index in [4.69, 9.17) is 4.74 Å². The number of carbonyl (C=O) groups excluding carboxylic acids is 1. The van der Waals surface area contributed by atoms with E-state index in [9.17, 15) is 4.79 Å². The van der Waals surface area contributed by atoms with Crippen LogP contribution in [0.1, 0.15) is 35.1 Å². The van der Waals surface area contributed by atoms with E-state index in [1.165, 1.54) is 16.7 Å². The van der Waals surface area contributed by atoms with Crippen LogP contribution in [-0.4, -0.2) is 28.9 Å². The number of hydrogen-bond donors (Lipinski definition) is 0. The number of carbonyl (C=O) groups is 1. The molecule has 2 aliphatic heterocycles. The number of fused-ring (bicyclic) bond motifs is 2.